The highest BCUT2D eigenvalue weighted by molar-refractivity contribution is 6.25. The second-order valence-electron chi connectivity index (χ2n) is 4.14. The van der Waals surface area contributed by atoms with Gasteiger partial charge in [0.15, 0.2) is 0 Å². The molecule has 0 unspecified atom stereocenters. The van der Waals surface area contributed by atoms with Gasteiger partial charge in [0.05, 0.1) is 0 Å². The highest BCUT2D eigenvalue weighted by Gasteiger charge is 2.21. The number of carbonyl (C=O) groups is 1. The predicted octanol–water partition coefficient (Wildman–Crippen LogP) is 2.57. The first-order valence-corrected chi connectivity index (χ1v) is 5.55. The maximum Gasteiger partial charge on any atom is 0.133 e. The van der Waals surface area contributed by atoms with Crippen molar-refractivity contribution in [1.29, 1.82) is 0 Å². The van der Waals surface area contributed by atoms with Crippen molar-refractivity contribution in [1.82, 2.24) is 4.90 Å². The van der Waals surface area contributed by atoms with Gasteiger partial charge >= 0.3 is 0 Å². The molecule has 2 nitrogen and oxygen atoms in total. The summed E-state index contributed by atoms with van der Waals surface area (Å²) >= 11 is 5.62. The molecule has 1 fully saturated rings. The fourth-order valence-electron chi connectivity index (χ4n) is 1.92. The number of Topliss-reactive ketones (excluding diaryl/α,β-unsaturated/α-hetero) is 1. The van der Waals surface area contributed by atoms with Crippen LogP contribution in [-0.2, 0) is 4.79 Å². The normalized spacial score (nSPS) is 20.6. The van der Waals surface area contributed by atoms with E-state index in [1.807, 2.05) is 6.92 Å². The molecule has 1 rings (SSSR count). The van der Waals surface area contributed by atoms with E-state index < -0.39 is 0 Å². The third kappa shape index (κ3) is 3.43. The van der Waals surface area contributed by atoms with Gasteiger partial charge in [0.25, 0.3) is 0 Å². The molecule has 0 saturated heterocycles. The van der Waals surface area contributed by atoms with Gasteiger partial charge in [-0.2, -0.15) is 0 Å². The Morgan fingerprint density at radius 2 is 2.14 bits per heavy atom. The summed E-state index contributed by atoms with van der Waals surface area (Å²) in [7, 11) is 2.10. The Kier molecular flexibility index (Phi) is 4.63. The molecule has 0 amide bonds. The summed E-state index contributed by atoms with van der Waals surface area (Å²) in [6.45, 7) is 2.93. The SMILES string of the molecule is CC(=CCl)CN(C)C1CCC(=O)CC1. The first-order chi connectivity index (χ1) is 6.63. The number of hydrogen-bond acceptors (Lipinski definition) is 2. The summed E-state index contributed by atoms with van der Waals surface area (Å²) in [5.74, 6) is 0.416. The van der Waals surface area contributed by atoms with Crippen molar-refractivity contribution < 1.29 is 4.79 Å². The molecule has 14 heavy (non-hydrogen) atoms. The van der Waals surface area contributed by atoms with Gasteiger partial charge in [-0.05, 0) is 32.4 Å². The van der Waals surface area contributed by atoms with Crippen LogP contribution in [-0.4, -0.2) is 30.3 Å². The fraction of sp³-hybridized carbons (Fsp3) is 0.727. The lowest BCUT2D eigenvalue weighted by molar-refractivity contribution is -0.121. The van der Waals surface area contributed by atoms with Gasteiger partial charge in [-0.3, -0.25) is 9.69 Å². The van der Waals surface area contributed by atoms with Crippen molar-refractivity contribution in [2.24, 2.45) is 0 Å². The highest BCUT2D eigenvalue weighted by atomic mass is 35.5. The van der Waals surface area contributed by atoms with E-state index in [1.54, 1.807) is 5.54 Å². The molecule has 0 bridgehead atoms. The number of nitrogens with zero attached hydrogens (tertiary/aromatic N) is 1. The van der Waals surface area contributed by atoms with Crippen LogP contribution in [0.4, 0.5) is 0 Å². The molecule has 0 aromatic carbocycles. The number of halogens is 1. The Bertz CT molecular complexity index is 227. The largest absolute Gasteiger partial charge is 0.300 e. The summed E-state index contributed by atoms with van der Waals surface area (Å²) in [4.78, 5) is 13.4. The van der Waals surface area contributed by atoms with E-state index in [9.17, 15) is 4.79 Å². The third-order valence-electron chi connectivity index (χ3n) is 2.82. The van der Waals surface area contributed by atoms with Gasteiger partial charge in [-0.15, -0.1) is 0 Å². The number of hydrogen-bond donors (Lipinski definition) is 0. The average molecular weight is 216 g/mol. The van der Waals surface area contributed by atoms with Gasteiger partial charge < -0.3 is 0 Å². The van der Waals surface area contributed by atoms with Crippen LogP contribution in [0.5, 0.6) is 0 Å². The average Bonchev–Trinajstić information content (AvgIpc) is 2.18. The summed E-state index contributed by atoms with van der Waals surface area (Å²) < 4.78 is 0. The molecule has 0 spiro atoms. The van der Waals surface area contributed by atoms with Crippen molar-refractivity contribution >= 4 is 17.4 Å². The smallest absolute Gasteiger partial charge is 0.133 e. The van der Waals surface area contributed by atoms with Crippen LogP contribution >= 0.6 is 11.6 Å². The van der Waals surface area contributed by atoms with E-state index in [1.165, 1.54) is 5.57 Å². The molecule has 0 N–H and O–H groups in total. The maximum absolute atomic E-state index is 11.1. The van der Waals surface area contributed by atoms with Crippen LogP contribution in [0.25, 0.3) is 0 Å². The molecule has 1 aliphatic rings. The van der Waals surface area contributed by atoms with Gasteiger partial charge in [0.2, 0.25) is 0 Å². The molecule has 0 heterocycles. The molecule has 0 aromatic heterocycles. The molecule has 0 atom stereocenters. The second-order valence-corrected chi connectivity index (χ2v) is 4.36. The van der Waals surface area contributed by atoms with E-state index >= 15 is 0 Å². The molecule has 0 aromatic rings. The maximum atomic E-state index is 11.1. The Morgan fingerprint density at radius 1 is 1.57 bits per heavy atom. The fourth-order valence-corrected chi connectivity index (χ4v) is 1.99. The summed E-state index contributed by atoms with van der Waals surface area (Å²) in [5.41, 5.74) is 2.80. The van der Waals surface area contributed by atoms with Gasteiger partial charge in [-0.25, -0.2) is 0 Å². The first kappa shape index (κ1) is 11.7. The minimum atomic E-state index is 0.416. The molecule has 1 aliphatic carbocycles. The zero-order chi connectivity index (χ0) is 10.6. The van der Waals surface area contributed by atoms with E-state index in [-0.39, 0.29) is 0 Å². The highest BCUT2D eigenvalue weighted by Crippen LogP contribution is 2.20. The molecule has 0 aliphatic heterocycles. The first-order valence-electron chi connectivity index (χ1n) is 5.11. The van der Waals surface area contributed by atoms with Crippen LogP contribution in [0.15, 0.2) is 11.1 Å². The molecular weight excluding hydrogens is 198 g/mol. The van der Waals surface area contributed by atoms with E-state index in [4.69, 9.17) is 11.6 Å². The van der Waals surface area contributed by atoms with Gasteiger partial charge in [0.1, 0.15) is 5.78 Å². The van der Waals surface area contributed by atoms with Crippen LogP contribution in [0.2, 0.25) is 0 Å². The van der Waals surface area contributed by atoms with Crippen molar-refractivity contribution in [2.45, 2.75) is 38.6 Å². The van der Waals surface area contributed by atoms with Crippen LogP contribution in [0, 0.1) is 0 Å². The summed E-state index contributed by atoms with van der Waals surface area (Å²) in [5, 5.41) is 0. The lowest BCUT2D eigenvalue weighted by Gasteiger charge is -2.30. The summed E-state index contributed by atoms with van der Waals surface area (Å²) in [6.07, 6.45) is 3.51. The van der Waals surface area contributed by atoms with Crippen LogP contribution < -0.4 is 0 Å². The number of rotatable bonds is 3. The Labute approximate surface area is 90.9 Å². The molecule has 1 saturated carbocycles. The van der Waals surface area contributed by atoms with Crippen molar-refractivity contribution in [3.05, 3.63) is 11.1 Å². The minimum Gasteiger partial charge on any atom is -0.300 e. The van der Waals surface area contributed by atoms with E-state index in [0.29, 0.717) is 11.8 Å². The molecule has 80 valence electrons. The van der Waals surface area contributed by atoms with Crippen molar-refractivity contribution in [3.63, 3.8) is 0 Å². The second kappa shape index (κ2) is 5.52. The molecular formula is C11H18ClNO. The Balaban J connectivity index is 2.37. The monoisotopic (exact) mass is 215 g/mol. The number of carbonyl (C=O) groups excluding carboxylic acids is 1. The van der Waals surface area contributed by atoms with Crippen LogP contribution in [0.3, 0.4) is 0 Å². The Hall–Kier alpha value is -0.340. The molecule has 3 heteroatoms. The van der Waals surface area contributed by atoms with Crippen molar-refractivity contribution in [2.75, 3.05) is 13.6 Å². The standard InChI is InChI=1S/C11H18ClNO/c1-9(7-12)8-13(2)10-3-5-11(14)6-4-10/h7,10H,3-6,8H2,1-2H3. The number of ketones is 1. The van der Waals surface area contributed by atoms with Gasteiger partial charge in [-0.1, -0.05) is 11.6 Å². The van der Waals surface area contributed by atoms with Crippen molar-refractivity contribution in [3.8, 4) is 0 Å². The van der Waals surface area contributed by atoms with E-state index in [2.05, 4.69) is 11.9 Å². The third-order valence-corrected chi connectivity index (χ3v) is 3.19. The zero-order valence-corrected chi connectivity index (χ0v) is 9.68. The number of likely N-dealkylation sites (N-methyl/N-ethyl adjacent to an activating group) is 1. The topological polar surface area (TPSA) is 20.3 Å². The molecule has 0 radical (unpaired) electrons. The Morgan fingerprint density at radius 3 is 2.64 bits per heavy atom. The lowest BCUT2D eigenvalue weighted by atomic mass is 9.93. The lowest BCUT2D eigenvalue weighted by Crippen LogP contribution is -2.36. The van der Waals surface area contributed by atoms with E-state index in [0.717, 1.165) is 32.2 Å². The zero-order valence-electron chi connectivity index (χ0n) is 8.92. The minimum absolute atomic E-state index is 0.416. The predicted molar refractivity (Wildman–Crippen MR) is 59.5 cm³/mol. The van der Waals surface area contributed by atoms with Gasteiger partial charge in [0, 0.05) is 31.0 Å². The quantitative estimate of drug-likeness (QED) is 0.721. The van der Waals surface area contributed by atoms with Crippen LogP contribution in [0.1, 0.15) is 32.6 Å². The summed E-state index contributed by atoms with van der Waals surface area (Å²) in [6, 6.07) is 0.555.